The van der Waals surface area contributed by atoms with Gasteiger partial charge in [-0.15, -0.1) is 0 Å². The van der Waals surface area contributed by atoms with Crippen molar-refractivity contribution < 1.29 is 4.42 Å². The summed E-state index contributed by atoms with van der Waals surface area (Å²) in [6.45, 7) is 0. The molecule has 0 N–H and O–H groups in total. The van der Waals surface area contributed by atoms with Gasteiger partial charge in [-0.1, -0.05) is 152 Å². The van der Waals surface area contributed by atoms with Gasteiger partial charge in [0.15, 0.2) is 0 Å². The minimum Gasteiger partial charge on any atom is -0.456 e. The van der Waals surface area contributed by atoms with Crippen molar-refractivity contribution in [3.05, 3.63) is 212 Å². The number of anilines is 3. The second-order valence-electron chi connectivity index (χ2n) is 13.8. The third-order valence-corrected chi connectivity index (χ3v) is 10.5. The fourth-order valence-electron chi connectivity index (χ4n) is 7.71. The van der Waals surface area contributed by atoms with E-state index in [4.69, 9.17) is 4.42 Å². The van der Waals surface area contributed by atoms with Crippen molar-refractivity contribution in [2.24, 2.45) is 0 Å². The number of hydrogen-bond acceptors (Lipinski definition) is 2. The number of rotatable bonds is 7. The minimum atomic E-state index is 0.904. The smallest absolute Gasteiger partial charge is 0.135 e. The van der Waals surface area contributed by atoms with Crippen LogP contribution in [0.2, 0.25) is 0 Å². The molecule has 1 heterocycles. The van der Waals surface area contributed by atoms with Crippen molar-refractivity contribution in [3.8, 4) is 44.5 Å². The fraction of sp³-hybridized carbons (Fsp3) is 0. The summed E-state index contributed by atoms with van der Waals surface area (Å²) in [5.74, 6) is 0. The van der Waals surface area contributed by atoms with Crippen LogP contribution in [0, 0.1) is 0 Å². The monoisotopic (exact) mass is 689 g/mol. The van der Waals surface area contributed by atoms with E-state index in [9.17, 15) is 0 Å². The van der Waals surface area contributed by atoms with Crippen LogP contribution in [0.3, 0.4) is 0 Å². The van der Waals surface area contributed by atoms with E-state index in [0.29, 0.717) is 0 Å². The topological polar surface area (TPSA) is 16.4 Å². The van der Waals surface area contributed by atoms with Gasteiger partial charge in [0.2, 0.25) is 0 Å². The maximum atomic E-state index is 6.23. The van der Waals surface area contributed by atoms with Crippen LogP contribution >= 0.6 is 0 Å². The Morgan fingerprint density at radius 1 is 0.278 bits per heavy atom. The third-order valence-electron chi connectivity index (χ3n) is 10.5. The van der Waals surface area contributed by atoms with Crippen molar-refractivity contribution in [2.75, 3.05) is 4.90 Å². The first-order valence-corrected chi connectivity index (χ1v) is 18.4. The van der Waals surface area contributed by atoms with E-state index in [2.05, 4.69) is 217 Å². The lowest BCUT2D eigenvalue weighted by molar-refractivity contribution is 0.669. The molecule has 54 heavy (non-hydrogen) atoms. The summed E-state index contributed by atoms with van der Waals surface area (Å²) >= 11 is 0. The molecule has 0 bridgehead atoms. The summed E-state index contributed by atoms with van der Waals surface area (Å²) < 4.78 is 6.23. The molecule has 254 valence electrons. The molecule has 0 aliphatic heterocycles. The Morgan fingerprint density at radius 3 is 1.33 bits per heavy atom. The molecule has 0 aliphatic rings. The Hall–Kier alpha value is -7.16. The minimum absolute atomic E-state index is 0.904. The number of hydrogen-bond donors (Lipinski definition) is 0. The summed E-state index contributed by atoms with van der Waals surface area (Å²) in [6, 6.07) is 75.8. The summed E-state index contributed by atoms with van der Waals surface area (Å²) in [7, 11) is 0. The van der Waals surface area contributed by atoms with E-state index in [1.165, 1.54) is 55.3 Å². The molecule has 2 heteroatoms. The van der Waals surface area contributed by atoms with E-state index in [1.54, 1.807) is 0 Å². The highest BCUT2D eigenvalue weighted by Crippen LogP contribution is 2.40. The molecule has 0 radical (unpaired) electrons. The molecule has 0 saturated heterocycles. The van der Waals surface area contributed by atoms with Crippen LogP contribution in [0.1, 0.15) is 0 Å². The lowest BCUT2D eigenvalue weighted by atomic mass is 9.96. The van der Waals surface area contributed by atoms with Crippen LogP contribution in [0.4, 0.5) is 17.1 Å². The van der Waals surface area contributed by atoms with E-state index in [1.807, 2.05) is 0 Å². The lowest BCUT2D eigenvalue weighted by Gasteiger charge is -2.27. The van der Waals surface area contributed by atoms with Crippen LogP contribution in [-0.2, 0) is 0 Å². The Balaban J connectivity index is 0.939. The highest BCUT2D eigenvalue weighted by Gasteiger charge is 2.16. The summed E-state index contributed by atoms with van der Waals surface area (Å²) in [4.78, 5) is 2.35. The van der Waals surface area contributed by atoms with Gasteiger partial charge in [0.1, 0.15) is 11.2 Å². The van der Waals surface area contributed by atoms with Gasteiger partial charge in [-0.25, -0.2) is 0 Å². The van der Waals surface area contributed by atoms with Crippen molar-refractivity contribution >= 4 is 49.8 Å². The molecule has 0 amide bonds. The van der Waals surface area contributed by atoms with Crippen LogP contribution in [0.25, 0.3) is 77.2 Å². The second kappa shape index (κ2) is 13.4. The van der Waals surface area contributed by atoms with E-state index in [0.717, 1.165) is 39.0 Å². The standard InChI is InChI=1S/C52H35NO/c1-3-11-36(12-4-1)43-27-31-51-48(34-43)49-35-44(28-32-52(49)54-51)38-23-21-37(22-24-38)41-15-9-16-42(33-41)39-25-29-46(30-26-39)53(45-17-5-2-6-18-45)50-20-10-14-40-13-7-8-19-47(40)50/h1-35H. The van der Waals surface area contributed by atoms with E-state index in [-0.39, 0.29) is 0 Å². The molecule has 0 spiro atoms. The number of benzene rings is 9. The van der Waals surface area contributed by atoms with Crippen LogP contribution in [0.5, 0.6) is 0 Å². The molecule has 10 rings (SSSR count). The third kappa shape index (κ3) is 5.81. The molecular weight excluding hydrogens is 655 g/mol. The van der Waals surface area contributed by atoms with E-state index < -0.39 is 0 Å². The van der Waals surface area contributed by atoms with Gasteiger partial charge in [0, 0.05) is 27.5 Å². The van der Waals surface area contributed by atoms with Crippen LogP contribution < -0.4 is 4.90 Å². The summed E-state index contributed by atoms with van der Waals surface area (Å²) in [5.41, 5.74) is 14.7. The first kappa shape index (κ1) is 31.6. The highest BCUT2D eigenvalue weighted by atomic mass is 16.3. The van der Waals surface area contributed by atoms with Gasteiger partial charge in [-0.2, -0.15) is 0 Å². The number of fused-ring (bicyclic) bond motifs is 4. The predicted molar refractivity (Wildman–Crippen MR) is 228 cm³/mol. The second-order valence-corrected chi connectivity index (χ2v) is 13.8. The van der Waals surface area contributed by atoms with E-state index >= 15 is 0 Å². The molecule has 0 saturated carbocycles. The average Bonchev–Trinajstić information content (AvgIpc) is 3.62. The maximum Gasteiger partial charge on any atom is 0.135 e. The molecule has 0 atom stereocenters. The summed E-state index contributed by atoms with van der Waals surface area (Å²) in [6.07, 6.45) is 0. The van der Waals surface area contributed by atoms with Crippen LogP contribution in [0.15, 0.2) is 217 Å². The SMILES string of the molecule is c1ccc(-c2ccc3oc4ccc(-c5ccc(-c6cccc(-c7ccc(N(c8ccccc8)c8cccc9ccccc89)cc7)c6)cc5)cc4c3c2)cc1. The highest BCUT2D eigenvalue weighted by molar-refractivity contribution is 6.07. The zero-order valence-electron chi connectivity index (χ0n) is 29.6. The molecule has 0 aliphatic carbocycles. The van der Waals surface area contributed by atoms with Crippen molar-refractivity contribution in [1.29, 1.82) is 0 Å². The van der Waals surface area contributed by atoms with Gasteiger partial charge in [-0.05, 0) is 111 Å². The first-order chi connectivity index (χ1) is 26.7. The Kier molecular flexibility index (Phi) is 7.85. The molecule has 0 unspecified atom stereocenters. The molecule has 10 aromatic rings. The van der Waals surface area contributed by atoms with Gasteiger partial charge >= 0.3 is 0 Å². The maximum absolute atomic E-state index is 6.23. The van der Waals surface area contributed by atoms with Crippen LogP contribution in [-0.4, -0.2) is 0 Å². The van der Waals surface area contributed by atoms with Gasteiger partial charge in [0.05, 0.1) is 5.69 Å². The molecule has 9 aromatic carbocycles. The van der Waals surface area contributed by atoms with Gasteiger partial charge in [0.25, 0.3) is 0 Å². The number of para-hydroxylation sites is 1. The number of nitrogens with zero attached hydrogens (tertiary/aromatic N) is 1. The zero-order chi connectivity index (χ0) is 35.8. The Morgan fingerprint density at radius 2 is 0.704 bits per heavy atom. The van der Waals surface area contributed by atoms with Gasteiger partial charge < -0.3 is 9.32 Å². The Labute approximate surface area is 314 Å². The van der Waals surface area contributed by atoms with Crippen molar-refractivity contribution in [1.82, 2.24) is 0 Å². The molecule has 1 aromatic heterocycles. The molecule has 0 fully saturated rings. The summed E-state index contributed by atoms with van der Waals surface area (Å²) in [5, 5.41) is 4.71. The lowest BCUT2D eigenvalue weighted by Crippen LogP contribution is -2.10. The first-order valence-electron chi connectivity index (χ1n) is 18.4. The molecule has 2 nitrogen and oxygen atoms in total. The normalized spacial score (nSPS) is 11.3. The predicted octanol–water partition coefficient (Wildman–Crippen LogP) is 14.9. The Bertz CT molecular complexity index is 2900. The quantitative estimate of drug-likeness (QED) is 0.166. The average molecular weight is 690 g/mol. The van der Waals surface area contributed by atoms with Crippen molar-refractivity contribution in [2.45, 2.75) is 0 Å². The molecular formula is C52H35NO. The fourth-order valence-corrected chi connectivity index (χ4v) is 7.71. The largest absolute Gasteiger partial charge is 0.456 e. The number of furan rings is 1. The van der Waals surface area contributed by atoms with Crippen molar-refractivity contribution in [3.63, 3.8) is 0 Å². The zero-order valence-corrected chi connectivity index (χ0v) is 29.6. The van der Waals surface area contributed by atoms with Gasteiger partial charge in [-0.3, -0.25) is 0 Å².